The minimum Gasteiger partial charge on any atom is -0.316 e. The molecule has 1 saturated carbocycles. The fourth-order valence-electron chi connectivity index (χ4n) is 2.41. The van der Waals surface area contributed by atoms with E-state index in [-0.39, 0.29) is 0 Å². The van der Waals surface area contributed by atoms with Crippen molar-refractivity contribution < 1.29 is 8.78 Å². The van der Waals surface area contributed by atoms with E-state index in [0.29, 0.717) is 12.5 Å². The first-order chi connectivity index (χ1) is 5.23. The van der Waals surface area contributed by atoms with Crippen molar-refractivity contribution in [3.63, 3.8) is 0 Å². The van der Waals surface area contributed by atoms with Crippen LogP contribution in [0.25, 0.3) is 0 Å². The second kappa shape index (κ2) is 2.41. The molecule has 2 unspecified atom stereocenters. The van der Waals surface area contributed by atoms with Gasteiger partial charge in [0.25, 0.3) is 0 Å². The van der Waals surface area contributed by atoms with E-state index < -0.39 is 11.8 Å². The van der Waals surface area contributed by atoms with E-state index in [9.17, 15) is 8.78 Å². The Morgan fingerprint density at radius 1 is 1.45 bits per heavy atom. The molecule has 1 aliphatic heterocycles. The highest BCUT2D eigenvalue weighted by Crippen LogP contribution is 2.47. The Balaban J connectivity index is 2.13. The maximum absolute atomic E-state index is 12.6. The lowest BCUT2D eigenvalue weighted by Crippen LogP contribution is -2.43. The number of hydrogen-bond donors (Lipinski definition) is 1. The Bertz CT molecular complexity index is 156. The molecule has 64 valence electrons. The molecule has 1 aliphatic carbocycles. The molecule has 2 bridgehead atoms. The average molecular weight is 161 g/mol. The molecule has 3 heteroatoms. The molecular weight excluding hydrogens is 148 g/mol. The molecule has 1 N–H and O–H groups in total. The van der Waals surface area contributed by atoms with Gasteiger partial charge < -0.3 is 5.32 Å². The summed E-state index contributed by atoms with van der Waals surface area (Å²) in [6.45, 7) is 1.48. The highest BCUT2D eigenvalue weighted by atomic mass is 19.3. The van der Waals surface area contributed by atoms with Crippen molar-refractivity contribution >= 4 is 0 Å². The molecule has 2 fully saturated rings. The summed E-state index contributed by atoms with van der Waals surface area (Å²) in [7, 11) is 0. The maximum Gasteiger partial charge on any atom is 0.245 e. The van der Waals surface area contributed by atoms with Gasteiger partial charge in [0.1, 0.15) is 0 Å². The molecule has 2 atom stereocenters. The van der Waals surface area contributed by atoms with Gasteiger partial charge in [0.2, 0.25) is 6.43 Å². The largest absolute Gasteiger partial charge is 0.316 e. The van der Waals surface area contributed by atoms with Gasteiger partial charge in [-0.25, -0.2) is 8.78 Å². The second-order valence-electron chi connectivity index (χ2n) is 3.90. The summed E-state index contributed by atoms with van der Waals surface area (Å²) in [6.07, 6.45) is 0.345. The topological polar surface area (TPSA) is 12.0 Å². The molecule has 0 amide bonds. The predicted molar refractivity (Wildman–Crippen MR) is 38.6 cm³/mol. The lowest BCUT2D eigenvalue weighted by Gasteiger charge is -2.32. The summed E-state index contributed by atoms with van der Waals surface area (Å²) in [4.78, 5) is 0. The van der Waals surface area contributed by atoms with Crippen molar-refractivity contribution in [1.82, 2.24) is 5.32 Å². The molecule has 2 aliphatic rings. The lowest BCUT2D eigenvalue weighted by molar-refractivity contribution is -0.0109. The van der Waals surface area contributed by atoms with Gasteiger partial charge >= 0.3 is 0 Å². The summed E-state index contributed by atoms with van der Waals surface area (Å²) in [5, 5.41) is 3.09. The fourth-order valence-corrected chi connectivity index (χ4v) is 2.41. The minimum absolute atomic E-state index is 0.526. The van der Waals surface area contributed by atoms with Gasteiger partial charge in [-0.2, -0.15) is 0 Å². The molecule has 0 aromatic rings. The molecular formula is C8H13F2N. The number of piperidine rings is 1. The third-order valence-corrected chi connectivity index (χ3v) is 3.12. The Kier molecular flexibility index (Phi) is 1.63. The van der Waals surface area contributed by atoms with Crippen LogP contribution in [0, 0.1) is 11.3 Å². The molecule has 0 aromatic heterocycles. The van der Waals surface area contributed by atoms with E-state index >= 15 is 0 Å². The van der Waals surface area contributed by atoms with Gasteiger partial charge in [-0.3, -0.25) is 0 Å². The van der Waals surface area contributed by atoms with E-state index in [1.165, 1.54) is 0 Å². The van der Waals surface area contributed by atoms with E-state index in [0.717, 1.165) is 25.8 Å². The van der Waals surface area contributed by atoms with Crippen molar-refractivity contribution in [2.75, 3.05) is 13.1 Å². The standard InChI is InChI=1S/C8H13F2N/c9-7(10)8-2-1-6(3-8)4-11-5-8/h6-7,11H,1-5H2. The number of fused-ring (bicyclic) bond motifs is 2. The van der Waals surface area contributed by atoms with E-state index in [4.69, 9.17) is 0 Å². The summed E-state index contributed by atoms with van der Waals surface area (Å²) in [6, 6.07) is 0. The number of hydrogen-bond acceptors (Lipinski definition) is 1. The number of alkyl halides is 2. The zero-order valence-corrected chi connectivity index (χ0v) is 6.45. The van der Waals surface area contributed by atoms with Crippen molar-refractivity contribution in [1.29, 1.82) is 0 Å². The predicted octanol–water partition coefficient (Wildman–Crippen LogP) is 1.64. The van der Waals surface area contributed by atoms with Crippen LogP contribution in [-0.4, -0.2) is 19.5 Å². The summed E-state index contributed by atoms with van der Waals surface area (Å²) >= 11 is 0. The van der Waals surface area contributed by atoms with Crippen LogP contribution in [0.2, 0.25) is 0 Å². The monoisotopic (exact) mass is 161 g/mol. The summed E-state index contributed by atoms with van der Waals surface area (Å²) in [5.41, 5.74) is -0.650. The molecule has 0 spiro atoms. The van der Waals surface area contributed by atoms with Gasteiger partial charge in [-0.15, -0.1) is 0 Å². The Hall–Kier alpha value is -0.180. The van der Waals surface area contributed by atoms with Gasteiger partial charge in [0, 0.05) is 12.0 Å². The van der Waals surface area contributed by atoms with Gasteiger partial charge in [0.05, 0.1) is 0 Å². The maximum atomic E-state index is 12.6. The zero-order chi connectivity index (χ0) is 7.90. The van der Waals surface area contributed by atoms with Gasteiger partial charge in [0.15, 0.2) is 0 Å². The van der Waals surface area contributed by atoms with Crippen LogP contribution in [-0.2, 0) is 0 Å². The smallest absolute Gasteiger partial charge is 0.245 e. The van der Waals surface area contributed by atoms with Gasteiger partial charge in [-0.1, -0.05) is 0 Å². The van der Waals surface area contributed by atoms with Crippen molar-refractivity contribution in [2.45, 2.75) is 25.7 Å². The fraction of sp³-hybridized carbons (Fsp3) is 1.00. The van der Waals surface area contributed by atoms with Crippen molar-refractivity contribution in [3.05, 3.63) is 0 Å². The Labute approximate surface area is 65.2 Å². The Morgan fingerprint density at radius 3 is 2.91 bits per heavy atom. The SMILES string of the molecule is FC(F)C12CCC(CNC1)C2. The number of rotatable bonds is 1. The lowest BCUT2D eigenvalue weighted by atomic mass is 9.83. The van der Waals surface area contributed by atoms with Crippen LogP contribution < -0.4 is 5.32 Å². The number of nitrogens with one attached hydrogen (secondary N) is 1. The van der Waals surface area contributed by atoms with E-state index in [2.05, 4.69) is 5.32 Å². The third-order valence-electron chi connectivity index (χ3n) is 3.12. The Morgan fingerprint density at radius 2 is 2.27 bits per heavy atom. The minimum atomic E-state index is -2.12. The molecule has 11 heavy (non-hydrogen) atoms. The van der Waals surface area contributed by atoms with E-state index in [1.54, 1.807) is 0 Å². The van der Waals surface area contributed by atoms with Crippen LogP contribution in [0.3, 0.4) is 0 Å². The number of halogens is 2. The molecule has 0 radical (unpaired) electrons. The highest BCUT2D eigenvalue weighted by Gasteiger charge is 2.48. The molecule has 1 heterocycles. The van der Waals surface area contributed by atoms with Crippen molar-refractivity contribution in [2.24, 2.45) is 11.3 Å². The molecule has 2 rings (SSSR count). The second-order valence-corrected chi connectivity index (χ2v) is 3.90. The first-order valence-corrected chi connectivity index (χ1v) is 4.22. The van der Waals surface area contributed by atoms with E-state index in [1.807, 2.05) is 0 Å². The van der Waals surface area contributed by atoms with Crippen LogP contribution in [0.4, 0.5) is 8.78 Å². The van der Waals surface area contributed by atoms with Crippen LogP contribution in [0.1, 0.15) is 19.3 Å². The molecule has 0 aromatic carbocycles. The third kappa shape index (κ3) is 1.06. The summed E-state index contributed by atoms with van der Waals surface area (Å²) in [5.74, 6) is 0.526. The van der Waals surface area contributed by atoms with Crippen molar-refractivity contribution in [3.8, 4) is 0 Å². The van der Waals surface area contributed by atoms with Crippen LogP contribution >= 0.6 is 0 Å². The van der Waals surface area contributed by atoms with Crippen LogP contribution in [0.5, 0.6) is 0 Å². The highest BCUT2D eigenvalue weighted by molar-refractivity contribution is 4.96. The first kappa shape index (κ1) is 7.47. The zero-order valence-electron chi connectivity index (χ0n) is 6.45. The van der Waals surface area contributed by atoms with Gasteiger partial charge in [-0.05, 0) is 31.7 Å². The normalized spacial score (nSPS) is 43.4. The first-order valence-electron chi connectivity index (χ1n) is 4.22. The average Bonchev–Trinajstić information content (AvgIpc) is 2.29. The molecule has 1 saturated heterocycles. The molecule has 1 nitrogen and oxygen atoms in total. The quantitative estimate of drug-likeness (QED) is 0.616. The van der Waals surface area contributed by atoms with Crippen LogP contribution in [0.15, 0.2) is 0 Å². The summed E-state index contributed by atoms with van der Waals surface area (Å²) < 4.78 is 25.1.